The molecule has 0 spiro atoms. The van der Waals surface area contributed by atoms with Gasteiger partial charge in [-0.3, -0.25) is 9.59 Å². The van der Waals surface area contributed by atoms with Crippen molar-refractivity contribution in [2.24, 2.45) is 11.7 Å². The van der Waals surface area contributed by atoms with E-state index in [9.17, 15) is 14.2 Å². The Hall–Kier alpha value is -1.61. The number of benzene rings is 1. The van der Waals surface area contributed by atoms with Gasteiger partial charge in [0, 0.05) is 17.5 Å². The molecule has 1 saturated heterocycles. The molecule has 1 atom stereocenters. The van der Waals surface area contributed by atoms with Gasteiger partial charge in [-0.25, -0.2) is 0 Å². The average molecular weight is 280 g/mol. The van der Waals surface area contributed by atoms with E-state index in [-0.39, 0.29) is 5.91 Å². The van der Waals surface area contributed by atoms with E-state index in [2.05, 4.69) is 0 Å². The third-order valence-corrected chi connectivity index (χ3v) is 4.87. The minimum absolute atomic E-state index is 0.253. The normalized spacial score (nSPS) is 19.8. The number of anilines is 1. The fourth-order valence-corrected chi connectivity index (χ4v) is 3.06. The van der Waals surface area contributed by atoms with Crippen LogP contribution in [0.5, 0.6) is 0 Å². The molecule has 0 saturated carbocycles. The quantitative estimate of drug-likeness (QED) is 0.656. The van der Waals surface area contributed by atoms with Crippen LogP contribution in [0, 0.1) is 5.92 Å². The zero-order valence-corrected chi connectivity index (χ0v) is 11.9. The fourth-order valence-electron chi connectivity index (χ4n) is 2.19. The highest BCUT2D eigenvalue weighted by atomic mass is 31.2. The molecule has 102 valence electrons. The molecule has 2 N–H and O–H groups in total. The summed E-state index contributed by atoms with van der Waals surface area (Å²) in [5.74, 6) is -1.55. The number of rotatable bonds is 3. The molecule has 1 aromatic carbocycles. The second-order valence-corrected chi connectivity index (χ2v) is 8.32. The van der Waals surface area contributed by atoms with Crippen molar-refractivity contribution in [2.45, 2.75) is 6.42 Å². The van der Waals surface area contributed by atoms with Crippen molar-refractivity contribution in [2.75, 3.05) is 24.8 Å². The maximum atomic E-state index is 12.0. The standard InChI is InChI=1S/C13H17N2O3P/c1-19(2,18)10-5-3-9(4-6-10)15-8-7-11(12(14)16)13(15)17/h3-6,11H,7-8H2,1-2H3,(H2,14,16). The van der Waals surface area contributed by atoms with Crippen LogP contribution in [0.2, 0.25) is 0 Å². The molecule has 1 fully saturated rings. The maximum absolute atomic E-state index is 12.0. The molecular formula is C13H17N2O3P. The van der Waals surface area contributed by atoms with E-state index >= 15 is 0 Å². The van der Waals surface area contributed by atoms with Crippen LogP contribution in [0.1, 0.15) is 6.42 Å². The fraction of sp³-hybridized carbons (Fsp3) is 0.385. The van der Waals surface area contributed by atoms with Crippen molar-refractivity contribution in [1.29, 1.82) is 0 Å². The Morgan fingerprint density at radius 2 is 1.89 bits per heavy atom. The second-order valence-electron chi connectivity index (χ2n) is 5.10. The Morgan fingerprint density at radius 3 is 2.32 bits per heavy atom. The first-order valence-electron chi connectivity index (χ1n) is 6.07. The lowest BCUT2D eigenvalue weighted by molar-refractivity contribution is -0.130. The number of nitrogens with zero attached hydrogens (tertiary/aromatic N) is 1. The first kappa shape index (κ1) is 13.8. The second kappa shape index (κ2) is 4.82. The molecule has 0 aromatic heterocycles. The zero-order chi connectivity index (χ0) is 14.2. The van der Waals surface area contributed by atoms with Gasteiger partial charge in [0.1, 0.15) is 13.1 Å². The zero-order valence-electron chi connectivity index (χ0n) is 11.0. The molecule has 0 radical (unpaired) electrons. The van der Waals surface area contributed by atoms with Crippen LogP contribution in [0.25, 0.3) is 0 Å². The Bertz CT molecular complexity index is 562. The van der Waals surface area contributed by atoms with Crippen molar-refractivity contribution < 1.29 is 14.2 Å². The van der Waals surface area contributed by atoms with E-state index in [4.69, 9.17) is 5.73 Å². The average Bonchev–Trinajstić information content (AvgIpc) is 2.70. The number of nitrogens with two attached hydrogens (primary N) is 1. The monoisotopic (exact) mass is 280 g/mol. The number of hydrogen-bond donors (Lipinski definition) is 1. The number of primary amides is 1. The first-order chi connectivity index (χ1) is 8.80. The van der Waals surface area contributed by atoms with Crippen LogP contribution in [-0.2, 0) is 14.2 Å². The van der Waals surface area contributed by atoms with E-state index in [1.165, 1.54) is 0 Å². The third kappa shape index (κ3) is 2.71. The lowest BCUT2D eigenvalue weighted by Gasteiger charge is -2.17. The predicted molar refractivity (Wildman–Crippen MR) is 75.2 cm³/mol. The van der Waals surface area contributed by atoms with Crippen LogP contribution < -0.4 is 15.9 Å². The smallest absolute Gasteiger partial charge is 0.239 e. The lowest BCUT2D eigenvalue weighted by Crippen LogP contribution is -2.33. The van der Waals surface area contributed by atoms with Crippen molar-refractivity contribution >= 4 is 29.9 Å². The molecule has 1 aromatic rings. The summed E-state index contributed by atoms with van der Waals surface area (Å²) in [7, 11) is -2.29. The van der Waals surface area contributed by atoms with E-state index in [0.717, 1.165) is 5.30 Å². The van der Waals surface area contributed by atoms with Gasteiger partial charge in [0.05, 0.1) is 0 Å². The van der Waals surface area contributed by atoms with Crippen molar-refractivity contribution in [3.8, 4) is 0 Å². The Labute approximate surface area is 112 Å². The molecule has 5 nitrogen and oxygen atoms in total. The van der Waals surface area contributed by atoms with Crippen LogP contribution in [0.15, 0.2) is 24.3 Å². The minimum atomic E-state index is -2.29. The molecule has 0 bridgehead atoms. The van der Waals surface area contributed by atoms with E-state index in [1.54, 1.807) is 42.5 Å². The molecule has 1 unspecified atom stereocenters. The number of amides is 2. The van der Waals surface area contributed by atoms with E-state index < -0.39 is 19.0 Å². The molecule has 2 amide bonds. The van der Waals surface area contributed by atoms with Gasteiger partial charge in [0.15, 0.2) is 0 Å². The molecule has 0 aliphatic carbocycles. The summed E-state index contributed by atoms with van der Waals surface area (Å²) in [6.07, 6.45) is 0.454. The van der Waals surface area contributed by atoms with Crippen LogP contribution >= 0.6 is 7.14 Å². The predicted octanol–water partition coefficient (Wildman–Crippen LogP) is 0.773. The molecular weight excluding hydrogens is 263 g/mol. The van der Waals surface area contributed by atoms with Gasteiger partial charge in [-0.05, 0) is 44.0 Å². The molecule has 1 aliphatic heterocycles. The van der Waals surface area contributed by atoms with Gasteiger partial charge in [-0.15, -0.1) is 0 Å². The van der Waals surface area contributed by atoms with Gasteiger partial charge >= 0.3 is 0 Å². The van der Waals surface area contributed by atoms with Crippen LogP contribution in [-0.4, -0.2) is 31.7 Å². The molecule has 19 heavy (non-hydrogen) atoms. The SMILES string of the molecule is CP(C)(=O)c1ccc(N2CCC(C(N)=O)C2=O)cc1. The van der Waals surface area contributed by atoms with Crippen molar-refractivity contribution in [3.05, 3.63) is 24.3 Å². The largest absolute Gasteiger partial charge is 0.369 e. The highest BCUT2D eigenvalue weighted by Crippen LogP contribution is 2.35. The van der Waals surface area contributed by atoms with Crippen LogP contribution in [0.3, 0.4) is 0 Å². The molecule has 1 heterocycles. The number of carbonyl (C=O) groups is 2. The van der Waals surface area contributed by atoms with Gasteiger partial charge in [0.25, 0.3) is 0 Å². The number of hydrogen-bond acceptors (Lipinski definition) is 3. The Kier molecular flexibility index (Phi) is 3.50. The van der Waals surface area contributed by atoms with E-state index in [1.807, 2.05) is 0 Å². The Balaban J connectivity index is 2.23. The lowest BCUT2D eigenvalue weighted by atomic mass is 10.1. The number of carbonyl (C=O) groups excluding carboxylic acids is 2. The summed E-state index contributed by atoms with van der Waals surface area (Å²) in [4.78, 5) is 24.7. The summed E-state index contributed by atoms with van der Waals surface area (Å²) in [6, 6.07) is 7.05. The summed E-state index contributed by atoms with van der Waals surface area (Å²) in [6.45, 7) is 3.89. The van der Waals surface area contributed by atoms with Gasteiger partial charge in [-0.1, -0.05) is 0 Å². The molecule has 6 heteroatoms. The van der Waals surface area contributed by atoms with Gasteiger partial charge < -0.3 is 15.2 Å². The Morgan fingerprint density at radius 1 is 1.32 bits per heavy atom. The topological polar surface area (TPSA) is 80.5 Å². The maximum Gasteiger partial charge on any atom is 0.239 e. The molecule has 2 rings (SSSR count). The van der Waals surface area contributed by atoms with Gasteiger partial charge in [-0.2, -0.15) is 0 Å². The first-order valence-corrected chi connectivity index (χ1v) is 8.67. The highest BCUT2D eigenvalue weighted by molar-refractivity contribution is 7.70. The minimum Gasteiger partial charge on any atom is -0.369 e. The summed E-state index contributed by atoms with van der Waals surface area (Å²) in [5.41, 5.74) is 5.90. The third-order valence-electron chi connectivity index (χ3n) is 3.33. The van der Waals surface area contributed by atoms with Crippen molar-refractivity contribution in [3.63, 3.8) is 0 Å². The summed E-state index contributed by atoms with van der Waals surface area (Å²) < 4.78 is 11.9. The summed E-state index contributed by atoms with van der Waals surface area (Å²) in [5, 5.41) is 0.773. The van der Waals surface area contributed by atoms with E-state index in [0.29, 0.717) is 18.7 Å². The van der Waals surface area contributed by atoms with Crippen LogP contribution in [0.4, 0.5) is 5.69 Å². The molecule has 1 aliphatic rings. The summed E-state index contributed by atoms with van der Waals surface area (Å²) >= 11 is 0. The highest BCUT2D eigenvalue weighted by Gasteiger charge is 2.36. The van der Waals surface area contributed by atoms with Crippen molar-refractivity contribution in [1.82, 2.24) is 0 Å². The van der Waals surface area contributed by atoms with Gasteiger partial charge in [0.2, 0.25) is 11.8 Å².